The molecular weight excluding hydrogens is 557 g/mol. The molecule has 0 bridgehead atoms. The van der Waals surface area contributed by atoms with Crippen LogP contribution >= 0.6 is 23.2 Å². The molecule has 10 heteroatoms. The summed E-state index contributed by atoms with van der Waals surface area (Å²) in [5.74, 6) is -0.442. The van der Waals surface area contributed by atoms with Gasteiger partial charge in [0.25, 0.3) is 0 Å². The van der Waals surface area contributed by atoms with Crippen molar-refractivity contribution in [2.75, 3.05) is 17.1 Å². The van der Waals surface area contributed by atoms with Crippen LogP contribution in [0.15, 0.2) is 36.4 Å². The molecule has 0 unspecified atom stereocenters. The summed E-state index contributed by atoms with van der Waals surface area (Å²) in [6, 6.07) is 10.2. The van der Waals surface area contributed by atoms with E-state index in [9.17, 15) is 18.0 Å². The number of aryl methyl sites for hydroxylation is 2. The van der Waals surface area contributed by atoms with Gasteiger partial charge in [0.05, 0.1) is 11.9 Å². The first-order valence-electron chi connectivity index (χ1n) is 13.5. The monoisotopic (exact) mass is 595 g/mol. The molecule has 39 heavy (non-hydrogen) atoms. The molecule has 2 aromatic rings. The molecule has 214 valence electrons. The number of hydrogen-bond donors (Lipinski definition) is 1. The number of carbonyl (C=O) groups is 2. The zero-order valence-corrected chi connectivity index (χ0v) is 25.5. The van der Waals surface area contributed by atoms with Crippen molar-refractivity contribution < 1.29 is 18.0 Å². The summed E-state index contributed by atoms with van der Waals surface area (Å²) in [7, 11) is -3.57. The van der Waals surface area contributed by atoms with Gasteiger partial charge in [0.15, 0.2) is 0 Å². The number of carbonyl (C=O) groups excluding carboxylic acids is 2. The first-order valence-corrected chi connectivity index (χ1v) is 16.1. The van der Waals surface area contributed by atoms with Crippen LogP contribution in [0.2, 0.25) is 10.0 Å². The Bertz CT molecular complexity index is 1240. The van der Waals surface area contributed by atoms with Crippen molar-refractivity contribution in [2.45, 2.75) is 84.3 Å². The normalized spacial score (nSPS) is 14.7. The van der Waals surface area contributed by atoms with E-state index in [4.69, 9.17) is 23.2 Å². The van der Waals surface area contributed by atoms with E-state index in [0.29, 0.717) is 27.7 Å². The number of hydrogen-bond acceptors (Lipinski definition) is 4. The average Bonchev–Trinajstić information content (AvgIpc) is 3.35. The van der Waals surface area contributed by atoms with Crippen molar-refractivity contribution >= 4 is 50.7 Å². The van der Waals surface area contributed by atoms with E-state index in [2.05, 4.69) is 5.32 Å². The third kappa shape index (κ3) is 8.60. The van der Waals surface area contributed by atoms with Gasteiger partial charge >= 0.3 is 0 Å². The van der Waals surface area contributed by atoms with Crippen molar-refractivity contribution in [3.05, 3.63) is 63.1 Å². The van der Waals surface area contributed by atoms with E-state index in [0.717, 1.165) is 36.8 Å². The summed E-state index contributed by atoms with van der Waals surface area (Å²) < 4.78 is 26.6. The topological polar surface area (TPSA) is 86.8 Å². The largest absolute Gasteiger partial charge is 0.352 e. The predicted molar refractivity (Wildman–Crippen MR) is 159 cm³/mol. The molecule has 2 aromatic carbocycles. The zero-order valence-electron chi connectivity index (χ0n) is 23.2. The minimum atomic E-state index is -3.57. The standard InChI is InChI=1S/C29H39Cl2N3O4S/c1-5-27(29(36)32-22-10-6-7-11-22)33(19-24-25(30)12-8-13-26(24)31)28(35)14-9-15-34(39(4,37)38)23-17-20(2)16-21(3)18-23/h8,12-13,16-18,22,27H,5-7,9-11,14-15,19H2,1-4H3,(H,32,36)/t27-/m1/s1. The van der Waals surface area contributed by atoms with Gasteiger partial charge in [0.2, 0.25) is 21.8 Å². The second kappa shape index (κ2) is 13.9. The second-order valence-corrected chi connectivity index (χ2v) is 13.1. The van der Waals surface area contributed by atoms with Crippen molar-refractivity contribution in [2.24, 2.45) is 0 Å². The summed E-state index contributed by atoms with van der Waals surface area (Å²) in [4.78, 5) is 28.6. The Morgan fingerprint density at radius 3 is 2.18 bits per heavy atom. The third-order valence-corrected chi connectivity index (χ3v) is 9.03. The predicted octanol–water partition coefficient (Wildman–Crippen LogP) is 6.02. The Hall–Kier alpha value is -2.29. The summed E-state index contributed by atoms with van der Waals surface area (Å²) in [6.07, 6.45) is 5.97. The highest BCUT2D eigenvalue weighted by Crippen LogP contribution is 2.28. The molecule has 2 amide bonds. The van der Waals surface area contributed by atoms with Gasteiger partial charge in [0.1, 0.15) is 6.04 Å². The van der Waals surface area contributed by atoms with Gasteiger partial charge in [-0.1, -0.05) is 55.1 Å². The number of sulfonamides is 1. The number of nitrogens with zero attached hydrogens (tertiary/aromatic N) is 2. The molecule has 0 radical (unpaired) electrons. The van der Waals surface area contributed by atoms with E-state index < -0.39 is 16.1 Å². The molecule has 0 heterocycles. The van der Waals surface area contributed by atoms with Crippen molar-refractivity contribution in [3.8, 4) is 0 Å². The van der Waals surface area contributed by atoms with Crippen LogP contribution in [0.1, 0.15) is 68.6 Å². The maximum atomic E-state index is 13.7. The summed E-state index contributed by atoms with van der Waals surface area (Å²) in [6.45, 7) is 5.93. The fourth-order valence-corrected chi connectivity index (χ4v) is 6.71. The van der Waals surface area contributed by atoms with Crippen LogP contribution in [0.4, 0.5) is 5.69 Å². The lowest BCUT2D eigenvalue weighted by Gasteiger charge is -2.32. The van der Waals surface area contributed by atoms with E-state index in [1.54, 1.807) is 23.1 Å². The van der Waals surface area contributed by atoms with Gasteiger partial charge in [-0.2, -0.15) is 0 Å². The third-order valence-electron chi connectivity index (χ3n) is 7.12. The van der Waals surface area contributed by atoms with Gasteiger partial charge in [-0.3, -0.25) is 13.9 Å². The van der Waals surface area contributed by atoms with Gasteiger partial charge in [-0.05, 0) is 74.9 Å². The van der Waals surface area contributed by atoms with Gasteiger partial charge in [-0.15, -0.1) is 0 Å². The molecular formula is C29H39Cl2N3O4S. The first-order chi connectivity index (χ1) is 18.4. The Labute approximate surface area is 242 Å². The summed E-state index contributed by atoms with van der Waals surface area (Å²) >= 11 is 12.9. The lowest BCUT2D eigenvalue weighted by molar-refractivity contribution is -0.141. The van der Waals surface area contributed by atoms with Gasteiger partial charge in [-0.25, -0.2) is 8.42 Å². The molecule has 1 aliphatic rings. The summed E-state index contributed by atoms with van der Waals surface area (Å²) in [5.41, 5.74) is 3.06. The van der Waals surface area contributed by atoms with Gasteiger partial charge in [0, 0.05) is 41.2 Å². The molecule has 7 nitrogen and oxygen atoms in total. The van der Waals surface area contributed by atoms with Crippen LogP contribution in [0.25, 0.3) is 0 Å². The highest BCUT2D eigenvalue weighted by Gasteiger charge is 2.31. The van der Waals surface area contributed by atoms with Crippen LogP contribution in [-0.4, -0.2) is 50.0 Å². The average molecular weight is 597 g/mol. The smallest absolute Gasteiger partial charge is 0.243 e. The minimum absolute atomic E-state index is 0.0616. The van der Waals surface area contributed by atoms with Crippen molar-refractivity contribution in [1.29, 1.82) is 0 Å². The Morgan fingerprint density at radius 2 is 1.64 bits per heavy atom. The second-order valence-electron chi connectivity index (χ2n) is 10.4. The first kappa shape index (κ1) is 31.2. The fourth-order valence-electron chi connectivity index (χ4n) is 5.24. The van der Waals surface area contributed by atoms with Crippen LogP contribution in [0.5, 0.6) is 0 Å². The molecule has 3 rings (SSSR count). The molecule has 0 spiro atoms. The molecule has 1 N–H and O–H groups in total. The molecule has 1 atom stereocenters. The molecule has 1 fully saturated rings. The quantitative estimate of drug-likeness (QED) is 0.325. The zero-order chi connectivity index (χ0) is 28.7. The Morgan fingerprint density at radius 1 is 1.05 bits per heavy atom. The molecule has 0 aliphatic heterocycles. The SMILES string of the molecule is CC[C@H](C(=O)NC1CCCC1)N(Cc1c(Cl)cccc1Cl)C(=O)CCCN(c1cc(C)cc(C)c1)S(C)(=O)=O. The Balaban J connectivity index is 1.81. The number of nitrogens with one attached hydrogen (secondary N) is 1. The molecule has 0 aromatic heterocycles. The van der Waals surface area contributed by atoms with E-state index in [-0.39, 0.29) is 43.8 Å². The molecule has 1 saturated carbocycles. The number of halogens is 2. The Kier molecular flexibility index (Phi) is 11.1. The molecule has 1 aliphatic carbocycles. The maximum absolute atomic E-state index is 13.7. The van der Waals surface area contributed by atoms with Crippen molar-refractivity contribution in [3.63, 3.8) is 0 Å². The van der Waals surface area contributed by atoms with E-state index in [1.165, 1.54) is 10.6 Å². The highest BCUT2D eigenvalue weighted by atomic mass is 35.5. The van der Waals surface area contributed by atoms with Crippen LogP contribution < -0.4 is 9.62 Å². The number of amides is 2. The van der Waals surface area contributed by atoms with E-state index >= 15 is 0 Å². The van der Waals surface area contributed by atoms with Crippen LogP contribution in [-0.2, 0) is 26.2 Å². The number of rotatable bonds is 12. The van der Waals surface area contributed by atoms with Crippen LogP contribution in [0.3, 0.4) is 0 Å². The highest BCUT2D eigenvalue weighted by molar-refractivity contribution is 7.92. The van der Waals surface area contributed by atoms with Gasteiger partial charge < -0.3 is 10.2 Å². The summed E-state index contributed by atoms with van der Waals surface area (Å²) in [5, 5.41) is 3.96. The number of benzene rings is 2. The lowest BCUT2D eigenvalue weighted by atomic mass is 10.1. The lowest BCUT2D eigenvalue weighted by Crippen LogP contribution is -2.51. The molecule has 0 saturated heterocycles. The minimum Gasteiger partial charge on any atom is -0.352 e. The van der Waals surface area contributed by atoms with Crippen LogP contribution in [0, 0.1) is 13.8 Å². The van der Waals surface area contributed by atoms with E-state index in [1.807, 2.05) is 39.0 Å². The maximum Gasteiger partial charge on any atom is 0.243 e. The fraction of sp³-hybridized carbons (Fsp3) is 0.517. The number of anilines is 1. The van der Waals surface area contributed by atoms with Crippen molar-refractivity contribution in [1.82, 2.24) is 10.2 Å².